The van der Waals surface area contributed by atoms with Gasteiger partial charge in [-0.1, -0.05) is 0 Å². The molecule has 0 bridgehead atoms. The molecule has 0 aromatic carbocycles. The van der Waals surface area contributed by atoms with E-state index in [-0.39, 0.29) is 34.1 Å². The predicted molar refractivity (Wildman–Crippen MR) is 26.5 cm³/mol. The van der Waals surface area contributed by atoms with Gasteiger partial charge in [0.1, 0.15) is 0 Å². The van der Waals surface area contributed by atoms with E-state index in [0.29, 0.717) is 0 Å². The van der Waals surface area contributed by atoms with E-state index >= 15 is 0 Å². The van der Waals surface area contributed by atoms with E-state index in [4.69, 9.17) is 30.6 Å². The summed E-state index contributed by atoms with van der Waals surface area (Å²) in [6, 6.07) is 0. The molecule has 0 unspecified atom stereocenters. The number of nitrogens with zero attached hydrogens (tertiary/aromatic N) is 2. The molecule has 0 amide bonds. The average molecular weight is 210 g/mol. The first-order valence-corrected chi connectivity index (χ1v) is 1.10. The first kappa shape index (κ1) is 22.7. The maximum Gasteiger partial charge on any atom is 3.00 e. The zero-order valence-corrected chi connectivity index (χ0v) is 6.45. The molecule has 55 valence electrons. The van der Waals surface area contributed by atoms with Crippen LogP contribution in [0.1, 0.15) is 0 Å². The molecule has 0 rings (SSSR count). The normalized spacial score (nSPS) is 4.80. The molecule has 0 fully saturated rings. The van der Waals surface area contributed by atoms with Crippen molar-refractivity contribution in [2.24, 2.45) is 0 Å². The van der Waals surface area contributed by atoms with Gasteiger partial charge in [0.2, 0.25) is 0 Å². The molecule has 10 heteroatoms. The molecule has 0 aliphatic heterocycles. The molecule has 0 aliphatic rings. The number of rotatable bonds is 0. The van der Waals surface area contributed by atoms with Crippen LogP contribution < -0.4 is 0 Å². The summed E-state index contributed by atoms with van der Waals surface area (Å²) in [5.74, 6) is 0. The molecule has 0 N–H and O–H groups in total. The minimum Gasteiger partial charge on any atom is -0.356 e. The monoisotopic (exact) mass is 210 g/mol. The summed E-state index contributed by atoms with van der Waals surface area (Å²) in [7, 11) is 0. The van der Waals surface area contributed by atoms with Crippen LogP contribution in [0.4, 0.5) is 0 Å². The van der Waals surface area contributed by atoms with Crippen LogP contribution in [0, 0.1) is 30.6 Å². The maximum atomic E-state index is 8.25. The third kappa shape index (κ3) is 980. The van der Waals surface area contributed by atoms with Crippen LogP contribution in [-0.2, 0) is 16.8 Å². The molecule has 10 heavy (non-hydrogen) atoms. The Morgan fingerprint density at radius 1 is 0.800 bits per heavy atom. The van der Waals surface area contributed by atoms with Crippen LogP contribution >= 0.6 is 0 Å². The van der Waals surface area contributed by atoms with E-state index in [2.05, 4.69) is 0 Å². The summed E-state index contributed by atoms with van der Waals surface area (Å²) < 4.78 is 0. The van der Waals surface area contributed by atoms with Crippen LogP contribution in [0.2, 0.25) is 0 Å². The van der Waals surface area contributed by atoms with E-state index in [1.54, 1.807) is 0 Å². The van der Waals surface area contributed by atoms with E-state index in [9.17, 15) is 0 Å². The van der Waals surface area contributed by atoms with Crippen LogP contribution in [0.5, 0.6) is 0 Å². The van der Waals surface area contributed by atoms with Crippen LogP contribution in [0.3, 0.4) is 0 Å². The van der Waals surface area contributed by atoms with Gasteiger partial charge in [0, 0.05) is 0 Å². The van der Waals surface area contributed by atoms with Crippen molar-refractivity contribution in [2.75, 3.05) is 0 Å². The van der Waals surface area contributed by atoms with Gasteiger partial charge >= 0.3 is 34.1 Å². The summed E-state index contributed by atoms with van der Waals surface area (Å²) in [5.41, 5.74) is 0. The standard InChI is InChI=1S/Al.Co.2NO3/c;;2*2-1(3)4/q+3;+2;2*-1. The largest absolute Gasteiger partial charge is 3.00 e. The Bertz CT molecular complexity index is 73.7. The van der Waals surface area contributed by atoms with Gasteiger partial charge in [-0.2, -0.15) is 0 Å². The fourth-order valence-electron chi connectivity index (χ4n) is 0. The van der Waals surface area contributed by atoms with Crippen molar-refractivity contribution >= 4 is 17.4 Å². The van der Waals surface area contributed by atoms with Gasteiger partial charge in [-0.3, -0.25) is 0 Å². The summed E-state index contributed by atoms with van der Waals surface area (Å²) in [4.78, 5) is 16.5. The topological polar surface area (TPSA) is 132 Å². The van der Waals surface area contributed by atoms with Gasteiger partial charge in [0.25, 0.3) is 0 Å². The average Bonchev–Trinajstić information content (AvgIpc) is 1.25. The van der Waals surface area contributed by atoms with Crippen molar-refractivity contribution in [1.82, 2.24) is 0 Å². The summed E-state index contributed by atoms with van der Waals surface area (Å²) in [5, 5.41) is 29.5. The predicted octanol–water partition coefficient (Wildman–Crippen LogP) is -0.862. The fraction of sp³-hybridized carbons (Fsp3) is 0. The van der Waals surface area contributed by atoms with Gasteiger partial charge in [-0.25, -0.2) is 0 Å². The van der Waals surface area contributed by atoms with Gasteiger partial charge in [0.15, 0.2) is 0 Å². The van der Waals surface area contributed by atoms with E-state index in [1.807, 2.05) is 0 Å². The van der Waals surface area contributed by atoms with Crippen molar-refractivity contribution in [3.63, 3.8) is 0 Å². The second-order valence-corrected chi connectivity index (χ2v) is 0.447. The van der Waals surface area contributed by atoms with Crippen LogP contribution in [0.15, 0.2) is 0 Å². The molecule has 0 aliphatic carbocycles. The Kier molecular flexibility index (Phi) is 35.9. The molecule has 0 aromatic rings. The zero-order valence-electron chi connectivity index (χ0n) is 4.25. The van der Waals surface area contributed by atoms with Crippen LogP contribution in [0.25, 0.3) is 0 Å². The van der Waals surface area contributed by atoms with Crippen molar-refractivity contribution in [2.45, 2.75) is 0 Å². The third-order valence-electron chi connectivity index (χ3n) is 0. The Morgan fingerprint density at radius 2 is 0.800 bits per heavy atom. The molecule has 0 saturated heterocycles. The van der Waals surface area contributed by atoms with Gasteiger partial charge < -0.3 is 30.6 Å². The second-order valence-electron chi connectivity index (χ2n) is 0.447. The SMILES string of the molecule is O=[N+]([O-])[O-].O=[N+]([O-])[O-].[Al+3].[Co+2]. The van der Waals surface area contributed by atoms with Crippen molar-refractivity contribution < 1.29 is 27.0 Å². The number of hydrogen-bond acceptors (Lipinski definition) is 6. The minimum absolute atomic E-state index is 0. The number of hydrogen-bond donors (Lipinski definition) is 0. The van der Waals surface area contributed by atoms with Gasteiger partial charge in [-0.05, 0) is 0 Å². The Balaban J connectivity index is -0.0000000300. The molecule has 0 saturated carbocycles. The molecule has 0 spiro atoms. The van der Waals surface area contributed by atoms with Crippen molar-refractivity contribution in [1.29, 1.82) is 0 Å². The maximum absolute atomic E-state index is 8.25. The molecule has 0 atom stereocenters. The fourth-order valence-corrected chi connectivity index (χ4v) is 0. The minimum atomic E-state index is -1.75. The summed E-state index contributed by atoms with van der Waals surface area (Å²) in [6.45, 7) is 0. The molecule has 1 radical (unpaired) electrons. The smallest absolute Gasteiger partial charge is 0.356 e. The Hall–Kier alpha value is -0.561. The Labute approximate surface area is 75.4 Å². The van der Waals surface area contributed by atoms with E-state index in [0.717, 1.165) is 0 Å². The first-order chi connectivity index (χ1) is 3.46. The van der Waals surface area contributed by atoms with Crippen molar-refractivity contribution in [3.8, 4) is 0 Å². The summed E-state index contributed by atoms with van der Waals surface area (Å²) in [6.07, 6.45) is 0. The van der Waals surface area contributed by atoms with E-state index < -0.39 is 10.2 Å². The summed E-state index contributed by atoms with van der Waals surface area (Å²) >= 11 is 0. The molecule has 0 aromatic heterocycles. The molecular weight excluding hydrogens is 210 g/mol. The Morgan fingerprint density at radius 3 is 0.800 bits per heavy atom. The third-order valence-corrected chi connectivity index (χ3v) is 0. The van der Waals surface area contributed by atoms with E-state index in [1.165, 1.54) is 0 Å². The molecular formula is AlCoN2O6+3. The van der Waals surface area contributed by atoms with Crippen LogP contribution in [-0.4, -0.2) is 27.5 Å². The van der Waals surface area contributed by atoms with Gasteiger partial charge in [-0.15, -0.1) is 0 Å². The molecule has 0 heterocycles. The van der Waals surface area contributed by atoms with Crippen molar-refractivity contribution in [3.05, 3.63) is 30.6 Å². The second kappa shape index (κ2) is 15.8. The first-order valence-electron chi connectivity index (χ1n) is 1.10. The quantitative estimate of drug-likeness (QED) is 0.290. The van der Waals surface area contributed by atoms with Gasteiger partial charge in [0.05, 0.1) is 10.2 Å². The molecule has 8 nitrogen and oxygen atoms in total. The zero-order chi connectivity index (χ0) is 7.15.